The molecule has 19 heteroatoms. The molecule has 0 aromatic carbocycles. The summed E-state index contributed by atoms with van der Waals surface area (Å²) in [5.41, 5.74) is 5.18. The summed E-state index contributed by atoms with van der Waals surface area (Å²) in [7, 11) is 0. The molecule has 0 bridgehead atoms. The number of aliphatic hydroxyl groups is 4. The van der Waals surface area contributed by atoms with Crippen molar-refractivity contribution in [3.05, 3.63) is 0 Å². The second-order valence-corrected chi connectivity index (χ2v) is 9.49. The van der Waals surface area contributed by atoms with E-state index in [1.807, 2.05) is 5.32 Å². The maximum Gasteiger partial charge on any atom is 0.328 e. The summed E-state index contributed by atoms with van der Waals surface area (Å²) in [4.78, 5) is 85.3. The molecule has 0 aliphatic heterocycles. The van der Waals surface area contributed by atoms with Gasteiger partial charge in [0.1, 0.15) is 30.2 Å². The van der Waals surface area contributed by atoms with Crippen molar-refractivity contribution in [3.8, 4) is 0 Å². The van der Waals surface area contributed by atoms with Gasteiger partial charge in [-0.3, -0.25) is 28.8 Å². The minimum Gasteiger partial charge on any atom is -0.480 e. The van der Waals surface area contributed by atoms with Crippen LogP contribution in [0.4, 0.5) is 0 Å². The van der Waals surface area contributed by atoms with E-state index in [4.69, 9.17) is 10.8 Å². The fourth-order valence-electron chi connectivity index (χ4n) is 3.19. The van der Waals surface area contributed by atoms with Crippen molar-refractivity contribution in [2.75, 3.05) is 13.2 Å². The Hall–Kier alpha value is -3.91. The number of aliphatic hydroxyl groups excluding tert-OH is 4. The zero-order chi connectivity index (χ0) is 32.9. The van der Waals surface area contributed by atoms with Crippen molar-refractivity contribution in [1.29, 1.82) is 0 Å². The lowest BCUT2D eigenvalue weighted by molar-refractivity contribution is -0.146. The molecular formula is C23H41N7O12. The number of carboxylic acids is 1. The second-order valence-electron chi connectivity index (χ2n) is 9.49. The Bertz CT molecular complexity index is 991. The van der Waals surface area contributed by atoms with E-state index in [9.17, 15) is 54.0 Å². The van der Waals surface area contributed by atoms with Gasteiger partial charge in [-0.25, -0.2) is 4.79 Å². The predicted octanol–water partition coefficient (Wildman–Crippen LogP) is -6.89. The summed E-state index contributed by atoms with van der Waals surface area (Å²) in [6, 6.07) is -9.21. The number of hydrogen-bond acceptors (Lipinski definition) is 12. The second kappa shape index (κ2) is 17.8. The minimum absolute atomic E-state index is 0.461. The SMILES string of the molecule is C[C@H](NC(=O)[C@H](CO)NC(=O)[C@H](C)NC(=O)[C@@H](NC(=O)CN)[C@@H](C)O)C(=O)N[C@H](C(=O)N[C@H](C(=O)O)[C@@H](C)O)[C@@H](C)O. The third-order valence-electron chi connectivity index (χ3n) is 5.70. The summed E-state index contributed by atoms with van der Waals surface area (Å²) < 4.78 is 0. The minimum atomic E-state index is -1.74. The zero-order valence-electron chi connectivity index (χ0n) is 23.8. The van der Waals surface area contributed by atoms with E-state index in [1.165, 1.54) is 20.8 Å². The summed E-state index contributed by atoms with van der Waals surface area (Å²) >= 11 is 0. The first-order valence-electron chi connectivity index (χ1n) is 12.8. The molecule has 0 heterocycles. The molecule has 0 aliphatic carbocycles. The van der Waals surface area contributed by atoms with Crippen LogP contribution in [0.2, 0.25) is 0 Å². The summed E-state index contributed by atoms with van der Waals surface area (Å²) in [6.45, 7) is 4.43. The highest BCUT2D eigenvalue weighted by atomic mass is 16.4. The van der Waals surface area contributed by atoms with Crippen LogP contribution in [0.15, 0.2) is 0 Å². The number of carbonyl (C=O) groups excluding carboxylic acids is 6. The Kier molecular flexibility index (Phi) is 16.1. The quantitative estimate of drug-likeness (QED) is 0.0732. The van der Waals surface area contributed by atoms with Crippen LogP contribution < -0.4 is 37.6 Å². The maximum atomic E-state index is 12.6. The van der Waals surface area contributed by atoms with E-state index in [-0.39, 0.29) is 0 Å². The van der Waals surface area contributed by atoms with Crippen molar-refractivity contribution in [1.82, 2.24) is 31.9 Å². The Balaban J connectivity index is 5.27. The topological polar surface area (TPSA) is 319 Å². The lowest BCUT2D eigenvalue weighted by atomic mass is 10.1. The normalized spacial score (nSPS) is 17.4. The van der Waals surface area contributed by atoms with Gasteiger partial charge in [0.25, 0.3) is 0 Å². The van der Waals surface area contributed by atoms with Crippen LogP contribution in [0.3, 0.4) is 0 Å². The lowest BCUT2D eigenvalue weighted by Crippen LogP contribution is -2.61. The van der Waals surface area contributed by atoms with E-state index in [0.29, 0.717) is 0 Å². The van der Waals surface area contributed by atoms with E-state index < -0.39 is 109 Å². The molecule has 9 atom stereocenters. The van der Waals surface area contributed by atoms with Gasteiger partial charge in [0.15, 0.2) is 6.04 Å². The van der Waals surface area contributed by atoms with Crippen LogP contribution >= 0.6 is 0 Å². The molecule has 0 saturated carbocycles. The molecule has 0 saturated heterocycles. The average molecular weight is 608 g/mol. The Morgan fingerprint density at radius 3 is 1.36 bits per heavy atom. The molecule has 0 radical (unpaired) electrons. The number of nitrogens with one attached hydrogen (secondary N) is 6. The van der Waals surface area contributed by atoms with Crippen LogP contribution in [0.1, 0.15) is 34.6 Å². The zero-order valence-corrected chi connectivity index (χ0v) is 23.8. The molecule has 0 fully saturated rings. The fraction of sp³-hybridized carbons (Fsp3) is 0.696. The smallest absolute Gasteiger partial charge is 0.328 e. The van der Waals surface area contributed by atoms with Gasteiger partial charge < -0.3 is 63.2 Å². The van der Waals surface area contributed by atoms with Crippen LogP contribution in [0.5, 0.6) is 0 Å². The van der Waals surface area contributed by atoms with Gasteiger partial charge >= 0.3 is 5.97 Å². The van der Waals surface area contributed by atoms with Crippen LogP contribution in [0, 0.1) is 0 Å². The molecule has 42 heavy (non-hydrogen) atoms. The van der Waals surface area contributed by atoms with Gasteiger partial charge in [-0.1, -0.05) is 0 Å². The van der Waals surface area contributed by atoms with Crippen molar-refractivity contribution in [2.45, 2.75) is 89.2 Å². The standard InChI is InChI=1S/C23H41N7O12/c1-8(26-21(39)15(10(3)32)28-14(35)6-24)18(36)27-13(7-31)20(38)25-9(2)19(37)29-16(11(4)33)22(40)30-17(12(5)34)23(41)42/h8-13,15-17,31-34H,6-7,24H2,1-5H3,(H,25,38)(H,26,39)(H,27,36)(H,28,35)(H,29,37)(H,30,40)(H,41,42)/t8-,9-,10+,11+,12+,13-,15-,16-,17-/m0/s1. The molecule has 0 aromatic rings. The number of carbonyl (C=O) groups is 7. The van der Waals surface area contributed by atoms with Crippen LogP contribution in [-0.4, -0.2) is 135 Å². The van der Waals surface area contributed by atoms with Gasteiger partial charge in [-0.2, -0.15) is 0 Å². The highest BCUT2D eigenvalue weighted by molar-refractivity contribution is 5.96. The number of rotatable bonds is 17. The molecule has 13 N–H and O–H groups in total. The van der Waals surface area contributed by atoms with Gasteiger partial charge in [0.05, 0.1) is 31.5 Å². The molecule has 19 nitrogen and oxygen atoms in total. The molecule has 0 aromatic heterocycles. The number of amides is 6. The Morgan fingerprint density at radius 1 is 0.571 bits per heavy atom. The summed E-state index contributed by atoms with van der Waals surface area (Å²) in [6.07, 6.45) is -4.39. The number of nitrogens with two attached hydrogens (primary N) is 1. The third-order valence-corrected chi connectivity index (χ3v) is 5.70. The highest BCUT2D eigenvalue weighted by Crippen LogP contribution is 2.01. The predicted molar refractivity (Wildman–Crippen MR) is 142 cm³/mol. The molecule has 0 aliphatic rings. The molecule has 6 amide bonds. The Morgan fingerprint density at radius 2 is 0.952 bits per heavy atom. The molecule has 0 unspecified atom stereocenters. The van der Waals surface area contributed by atoms with Gasteiger partial charge in [-0.15, -0.1) is 0 Å². The van der Waals surface area contributed by atoms with Crippen molar-refractivity contribution < 1.29 is 59.1 Å². The fourth-order valence-corrected chi connectivity index (χ4v) is 3.19. The van der Waals surface area contributed by atoms with Crippen molar-refractivity contribution >= 4 is 41.4 Å². The molecule has 0 rings (SSSR count). The van der Waals surface area contributed by atoms with E-state index >= 15 is 0 Å². The van der Waals surface area contributed by atoms with Gasteiger partial charge in [0.2, 0.25) is 35.4 Å². The third kappa shape index (κ3) is 12.3. The molecule has 240 valence electrons. The molecular weight excluding hydrogens is 566 g/mol. The monoisotopic (exact) mass is 607 g/mol. The number of carboxylic acid groups (broad SMARTS) is 1. The van der Waals surface area contributed by atoms with Crippen LogP contribution in [-0.2, 0) is 33.6 Å². The van der Waals surface area contributed by atoms with E-state index in [1.54, 1.807) is 0 Å². The maximum absolute atomic E-state index is 12.6. The van der Waals surface area contributed by atoms with Crippen LogP contribution in [0.25, 0.3) is 0 Å². The summed E-state index contributed by atoms with van der Waals surface area (Å²) in [5.74, 6) is -7.41. The average Bonchev–Trinajstić information content (AvgIpc) is 2.89. The number of aliphatic carboxylic acids is 1. The Labute approximate surface area is 241 Å². The first-order chi connectivity index (χ1) is 19.4. The highest BCUT2D eigenvalue weighted by Gasteiger charge is 2.34. The van der Waals surface area contributed by atoms with E-state index in [2.05, 4.69) is 26.6 Å². The van der Waals surface area contributed by atoms with Gasteiger partial charge in [0, 0.05) is 0 Å². The molecule has 0 spiro atoms. The van der Waals surface area contributed by atoms with Crippen molar-refractivity contribution in [3.63, 3.8) is 0 Å². The number of hydrogen-bond donors (Lipinski definition) is 12. The van der Waals surface area contributed by atoms with E-state index in [0.717, 1.165) is 13.8 Å². The first-order valence-corrected chi connectivity index (χ1v) is 12.8. The summed E-state index contributed by atoms with van der Waals surface area (Å²) in [5, 5.41) is 60.8. The lowest BCUT2D eigenvalue weighted by Gasteiger charge is -2.26. The first kappa shape index (κ1) is 38.1. The van der Waals surface area contributed by atoms with Gasteiger partial charge in [-0.05, 0) is 34.6 Å². The largest absolute Gasteiger partial charge is 0.480 e. The van der Waals surface area contributed by atoms with Crippen molar-refractivity contribution in [2.24, 2.45) is 5.73 Å².